The van der Waals surface area contributed by atoms with Crippen LogP contribution in [0.1, 0.15) is 16.7 Å². The average molecular weight is 484 g/mol. The van der Waals surface area contributed by atoms with E-state index < -0.39 is 15.9 Å². The first-order valence-electron chi connectivity index (χ1n) is 9.89. The second-order valence-electron chi connectivity index (χ2n) is 7.22. The molecule has 0 saturated carbocycles. The lowest BCUT2D eigenvalue weighted by molar-refractivity contribution is -0.115. The maximum atomic E-state index is 12.9. The zero-order valence-electron chi connectivity index (χ0n) is 17.9. The van der Waals surface area contributed by atoms with E-state index in [-0.39, 0.29) is 15.8 Å². The minimum Gasteiger partial charge on any atom is -0.332 e. The molecule has 3 aromatic carbocycles. The highest BCUT2D eigenvalue weighted by Gasteiger charge is 2.16. The first kappa shape index (κ1) is 24.1. The number of aryl methyl sites for hydroxylation is 2. The summed E-state index contributed by atoms with van der Waals surface area (Å²) in [6.07, 6.45) is 2.80. The van der Waals surface area contributed by atoms with Crippen LogP contribution in [0.2, 0.25) is 0 Å². The van der Waals surface area contributed by atoms with E-state index in [4.69, 9.17) is 12.2 Å². The van der Waals surface area contributed by atoms with E-state index in [0.717, 1.165) is 11.1 Å². The second kappa shape index (κ2) is 10.4. The fourth-order valence-corrected chi connectivity index (χ4v) is 4.37. The Labute approximate surface area is 197 Å². The summed E-state index contributed by atoms with van der Waals surface area (Å²) in [7, 11) is -3.77. The number of thiocarbonyl (C=S) groups is 1. The monoisotopic (exact) mass is 483 g/mol. The molecule has 170 valence electrons. The minimum absolute atomic E-state index is 0.0491. The van der Waals surface area contributed by atoms with E-state index in [1.165, 1.54) is 36.4 Å². The van der Waals surface area contributed by atoms with Crippen molar-refractivity contribution in [3.05, 3.63) is 95.3 Å². The fourth-order valence-electron chi connectivity index (χ4n) is 2.95. The van der Waals surface area contributed by atoms with Crippen LogP contribution in [0, 0.1) is 19.7 Å². The molecule has 33 heavy (non-hydrogen) atoms. The summed E-state index contributed by atoms with van der Waals surface area (Å²) in [5.41, 5.74) is 3.38. The highest BCUT2D eigenvalue weighted by Crippen LogP contribution is 2.24. The van der Waals surface area contributed by atoms with Gasteiger partial charge in [-0.15, -0.1) is 0 Å². The number of amides is 1. The van der Waals surface area contributed by atoms with E-state index in [1.54, 1.807) is 24.3 Å². The Bertz CT molecular complexity index is 1280. The Balaban J connectivity index is 1.60. The Kier molecular flexibility index (Phi) is 7.57. The molecule has 1 amide bonds. The van der Waals surface area contributed by atoms with Crippen LogP contribution in [0.15, 0.2) is 77.7 Å². The Morgan fingerprint density at radius 1 is 0.939 bits per heavy atom. The van der Waals surface area contributed by atoms with Gasteiger partial charge in [0.25, 0.3) is 10.0 Å². The molecule has 0 aliphatic carbocycles. The van der Waals surface area contributed by atoms with Gasteiger partial charge in [0, 0.05) is 11.8 Å². The molecule has 0 aromatic heterocycles. The predicted octanol–water partition coefficient (Wildman–Crippen LogP) is 4.77. The van der Waals surface area contributed by atoms with E-state index in [2.05, 4.69) is 15.4 Å². The Hall–Kier alpha value is -3.56. The molecular formula is C24H22FN3O3S2. The molecule has 3 N–H and O–H groups in total. The van der Waals surface area contributed by atoms with Crippen LogP contribution >= 0.6 is 12.2 Å². The quantitative estimate of drug-likeness (QED) is 0.347. The first-order chi connectivity index (χ1) is 15.6. The highest BCUT2D eigenvalue weighted by atomic mass is 32.2. The van der Waals surface area contributed by atoms with Crippen molar-refractivity contribution in [3.63, 3.8) is 0 Å². The lowest BCUT2D eigenvalue weighted by atomic mass is 10.1. The molecule has 0 aliphatic rings. The van der Waals surface area contributed by atoms with Crippen molar-refractivity contribution in [1.29, 1.82) is 0 Å². The van der Waals surface area contributed by atoms with E-state index in [9.17, 15) is 17.6 Å². The van der Waals surface area contributed by atoms with Gasteiger partial charge in [0.05, 0.1) is 10.6 Å². The standard InChI is InChI=1S/C24H22FN3O3S2/c1-16-4-3-5-17(2)23(16)28-33(30,31)21-13-11-20(12-14-21)26-24(32)27-22(29)15-8-18-6-9-19(25)10-7-18/h3-15,28H,1-2H3,(H2,26,27,29,32). The smallest absolute Gasteiger partial charge is 0.261 e. The summed E-state index contributed by atoms with van der Waals surface area (Å²) in [5.74, 6) is -0.823. The van der Waals surface area contributed by atoms with Crippen LogP contribution in [-0.2, 0) is 14.8 Å². The van der Waals surface area contributed by atoms with Crippen molar-refractivity contribution < 1.29 is 17.6 Å². The molecule has 9 heteroatoms. The molecule has 0 heterocycles. The van der Waals surface area contributed by atoms with Gasteiger partial charge in [-0.3, -0.25) is 14.8 Å². The van der Waals surface area contributed by atoms with Crippen LogP contribution in [0.25, 0.3) is 6.08 Å². The van der Waals surface area contributed by atoms with Crippen molar-refractivity contribution in [2.24, 2.45) is 0 Å². The number of anilines is 2. The topological polar surface area (TPSA) is 87.3 Å². The number of benzene rings is 3. The maximum absolute atomic E-state index is 12.9. The van der Waals surface area contributed by atoms with E-state index in [0.29, 0.717) is 16.9 Å². The third-order valence-electron chi connectivity index (χ3n) is 4.67. The van der Waals surface area contributed by atoms with Crippen molar-refractivity contribution >= 4 is 50.7 Å². The molecule has 0 bridgehead atoms. The predicted molar refractivity (Wildman–Crippen MR) is 133 cm³/mol. The lowest BCUT2D eigenvalue weighted by Crippen LogP contribution is -2.32. The number of halogens is 1. The molecule has 0 saturated heterocycles. The van der Waals surface area contributed by atoms with Crippen molar-refractivity contribution in [3.8, 4) is 0 Å². The average Bonchev–Trinajstić information content (AvgIpc) is 2.76. The number of hydrogen-bond acceptors (Lipinski definition) is 4. The summed E-state index contributed by atoms with van der Waals surface area (Å²) in [5, 5.41) is 5.36. The van der Waals surface area contributed by atoms with Gasteiger partial charge in [-0.1, -0.05) is 30.3 Å². The number of sulfonamides is 1. The summed E-state index contributed by atoms with van der Waals surface area (Å²) in [6.45, 7) is 3.67. The molecule has 0 unspecified atom stereocenters. The zero-order chi connectivity index (χ0) is 24.0. The number of carbonyl (C=O) groups is 1. The van der Waals surface area contributed by atoms with Crippen molar-refractivity contribution in [2.75, 3.05) is 10.0 Å². The van der Waals surface area contributed by atoms with E-state index in [1.807, 2.05) is 32.0 Å². The molecule has 0 spiro atoms. The van der Waals surface area contributed by atoms with Gasteiger partial charge in [-0.2, -0.15) is 0 Å². The third kappa shape index (κ3) is 6.71. The van der Waals surface area contributed by atoms with Gasteiger partial charge in [0.15, 0.2) is 5.11 Å². The molecule has 3 aromatic rings. The SMILES string of the molecule is Cc1cccc(C)c1NS(=O)(=O)c1ccc(NC(=S)NC(=O)C=Cc2ccc(F)cc2)cc1. The van der Waals surface area contributed by atoms with Crippen molar-refractivity contribution in [1.82, 2.24) is 5.32 Å². The molecular weight excluding hydrogens is 461 g/mol. The summed E-state index contributed by atoms with van der Waals surface area (Å²) >= 11 is 5.12. The minimum atomic E-state index is -3.77. The van der Waals surface area contributed by atoms with Crippen LogP contribution in [0.4, 0.5) is 15.8 Å². The van der Waals surface area contributed by atoms with Crippen LogP contribution in [-0.4, -0.2) is 19.4 Å². The molecule has 0 fully saturated rings. The molecule has 6 nitrogen and oxygen atoms in total. The van der Waals surface area contributed by atoms with Crippen molar-refractivity contribution in [2.45, 2.75) is 18.7 Å². The zero-order valence-corrected chi connectivity index (χ0v) is 19.6. The number of hydrogen-bond donors (Lipinski definition) is 3. The third-order valence-corrected chi connectivity index (χ3v) is 6.24. The Morgan fingerprint density at radius 2 is 1.55 bits per heavy atom. The van der Waals surface area contributed by atoms with Gasteiger partial charge in [-0.25, -0.2) is 12.8 Å². The number of nitrogens with one attached hydrogen (secondary N) is 3. The fraction of sp³-hybridized carbons (Fsp3) is 0.0833. The molecule has 0 aliphatic heterocycles. The number of rotatable bonds is 6. The molecule has 0 atom stereocenters. The molecule has 3 rings (SSSR count). The first-order valence-corrected chi connectivity index (χ1v) is 11.8. The van der Waals surface area contributed by atoms with E-state index >= 15 is 0 Å². The van der Waals surface area contributed by atoms with Gasteiger partial charge in [0.2, 0.25) is 5.91 Å². The highest BCUT2D eigenvalue weighted by molar-refractivity contribution is 7.92. The van der Waals surface area contributed by atoms with Gasteiger partial charge < -0.3 is 5.32 Å². The second-order valence-corrected chi connectivity index (χ2v) is 9.32. The summed E-state index contributed by atoms with van der Waals surface area (Å²) < 4.78 is 41.0. The number of carbonyl (C=O) groups excluding carboxylic acids is 1. The van der Waals surface area contributed by atoms with Crippen LogP contribution in [0.5, 0.6) is 0 Å². The number of para-hydroxylation sites is 1. The van der Waals surface area contributed by atoms with Gasteiger partial charge in [0.1, 0.15) is 5.82 Å². The van der Waals surface area contributed by atoms with Gasteiger partial charge in [-0.05, 0) is 85.2 Å². The van der Waals surface area contributed by atoms with Gasteiger partial charge >= 0.3 is 0 Å². The Morgan fingerprint density at radius 3 is 2.15 bits per heavy atom. The largest absolute Gasteiger partial charge is 0.332 e. The lowest BCUT2D eigenvalue weighted by Gasteiger charge is -2.14. The maximum Gasteiger partial charge on any atom is 0.261 e. The summed E-state index contributed by atoms with van der Waals surface area (Å²) in [6, 6.07) is 17.2. The molecule has 0 radical (unpaired) electrons. The van der Waals surface area contributed by atoms with Crippen LogP contribution < -0.4 is 15.4 Å². The normalized spacial score (nSPS) is 11.2. The summed E-state index contributed by atoms with van der Waals surface area (Å²) in [4.78, 5) is 12.1. The van der Waals surface area contributed by atoms with Crippen LogP contribution in [0.3, 0.4) is 0 Å².